The van der Waals surface area contributed by atoms with Gasteiger partial charge in [0.05, 0.1) is 11.5 Å². The topological polar surface area (TPSA) is 43.7 Å². The number of rotatable bonds is 4. The molecule has 0 aromatic carbocycles. The van der Waals surface area contributed by atoms with Crippen LogP contribution in [0.2, 0.25) is 0 Å². The fourth-order valence-corrected chi connectivity index (χ4v) is 2.14. The van der Waals surface area contributed by atoms with Crippen LogP contribution in [0, 0.1) is 11.8 Å². The monoisotopic (exact) mass is 225 g/mol. The van der Waals surface area contributed by atoms with E-state index in [-0.39, 0.29) is 13.2 Å². The first-order valence-electron chi connectivity index (χ1n) is 4.74. The van der Waals surface area contributed by atoms with Crippen molar-refractivity contribution in [3.05, 3.63) is 21.9 Å². The third-order valence-electron chi connectivity index (χ3n) is 1.86. The van der Waals surface area contributed by atoms with Crippen LogP contribution in [0.4, 0.5) is 0 Å². The van der Waals surface area contributed by atoms with Crippen molar-refractivity contribution in [2.75, 3.05) is 26.8 Å². The van der Waals surface area contributed by atoms with Gasteiger partial charge in [-0.2, -0.15) is 0 Å². The summed E-state index contributed by atoms with van der Waals surface area (Å²) < 4.78 is 0. The molecule has 0 fully saturated rings. The molecule has 0 aliphatic carbocycles. The van der Waals surface area contributed by atoms with Crippen molar-refractivity contribution in [1.82, 2.24) is 4.90 Å². The van der Waals surface area contributed by atoms with Gasteiger partial charge in [0, 0.05) is 18.0 Å². The van der Waals surface area contributed by atoms with Gasteiger partial charge in [-0.1, -0.05) is 11.8 Å². The highest BCUT2D eigenvalue weighted by molar-refractivity contribution is 7.12. The van der Waals surface area contributed by atoms with Gasteiger partial charge in [0.2, 0.25) is 0 Å². The van der Waals surface area contributed by atoms with E-state index in [9.17, 15) is 0 Å². The molecule has 0 amide bonds. The zero-order chi connectivity index (χ0) is 11.1. The minimum atomic E-state index is -0.0996. The minimum absolute atomic E-state index is 0.0996. The third-order valence-corrected chi connectivity index (χ3v) is 2.85. The number of hydrogen-bond donors (Lipinski definition) is 2. The van der Waals surface area contributed by atoms with Crippen LogP contribution in [-0.4, -0.2) is 41.9 Å². The average Bonchev–Trinajstić information content (AvgIpc) is 2.63. The molecule has 15 heavy (non-hydrogen) atoms. The van der Waals surface area contributed by atoms with E-state index in [1.165, 1.54) is 4.88 Å². The Morgan fingerprint density at radius 1 is 1.40 bits per heavy atom. The lowest BCUT2D eigenvalue weighted by molar-refractivity contribution is 0.218. The van der Waals surface area contributed by atoms with E-state index in [4.69, 9.17) is 10.2 Å². The molecule has 0 saturated carbocycles. The van der Waals surface area contributed by atoms with E-state index in [0.29, 0.717) is 6.54 Å². The molecule has 0 atom stereocenters. The summed E-state index contributed by atoms with van der Waals surface area (Å²) in [6.07, 6.45) is 0. The van der Waals surface area contributed by atoms with Crippen molar-refractivity contribution in [3.8, 4) is 11.8 Å². The predicted octanol–water partition coefficient (Wildman–Crippen LogP) is 0.516. The molecule has 0 spiro atoms. The van der Waals surface area contributed by atoms with Crippen LogP contribution < -0.4 is 0 Å². The summed E-state index contributed by atoms with van der Waals surface area (Å²) in [6.45, 7) is 1.58. The molecule has 82 valence electrons. The lowest BCUT2D eigenvalue weighted by Gasteiger charge is -2.12. The zero-order valence-corrected chi connectivity index (χ0v) is 9.55. The van der Waals surface area contributed by atoms with Crippen molar-refractivity contribution in [3.63, 3.8) is 0 Å². The molecule has 0 radical (unpaired) electrons. The van der Waals surface area contributed by atoms with Crippen LogP contribution in [0.15, 0.2) is 12.1 Å². The summed E-state index contributed by atoms with van der Waals surface area (Å²) in [7, 11) is 1.97. The maximum Gasteiger partial charge on any atom is 0.104 e. The summed E-state index contributed by atoms with van der Waals surface area (Å²) in [5.41, 5.74) is 0. The van der Waals surface area contributed by atoms with Gasteiger partial charge in [0.15, 0.2) is 0 Å². The van der Waals surface area contributed by atoms with Gasteiger partial charge >= 0.3 is 0 Å². The normalized spacial score (nSPS) is 10.1. The van der Waals surface area contributed by atoms with Gasteiger partial charge in [-0.05, 0) is 19.2 Å². The first-order chi connectivity index (χ1) is 7.26. The number of nitrogens with zero attached hydrogens (tertiary/aromatic N) is 1. The van der Waals surface area contributed by atoms with Crippen molar-refractivity contribution in [2.24, 2.45) is 0 Å². The quantitative estimate of drug-likeness (QED) is 0.734. The Morgan fingerprint density at radius 3 is 2.87 bits per heavy atom. The van der Waals surface area contributed by atoms with Gasteiger partial charge in [-0.15, -0.1) is 11.3 Å². The highest BCUT2D eigenvalue weighted by Gasteiger charge is 2.01. The average molecular weight is 225 g/mol. The zero-order valence-electron chi connectivity index (χ0n) is 8.73. The number of hydrogen-bond acceptors (Lipinski definition) is 4. The van der Waals surface area contributed by atoms with Crippen LogP contribution in [0.1, 0.15) is 9.75 Å². The molecule has 1 rings (SSSR count). The summed E-state index contributed by atoms with van der Waals surface area (Å²) in [4.78, 5) is 4.24. The van der Waals surface area contributed by atoms with E-state index in [1.807, 2.05) is 19.2 Å². The predicted molar refractivity (Wildman–Crippen MR) is 61.7 cm³/mol. The fraction of sp³-hybridized carbons (Fsp3) is 0.455. The van der Waals surface area contributed by atoms with Crippen molar-refractivity contribution in [2.45, 2.75) is 6.54 Å². The van der Waals surface area contributed by atoms with Gasteiger partial charge < -0.3 is 10.2 Å². The second-order valence-electron chi connectivity index (χ2n) is 3.19. The molecule has 1 aromatic heterocycles. The molecular formula is C11H15NO2S. The van der Waals surface area contributed by atoms with Crippen molar-refractivity contribution < 1.29 is 10.2 Å². The van der Waals surface area contributed by atoms with Gasteiger partial charge in [-0.25, -0.2) is 0 Å². The van der Waals surface area contributed by atoms with Crippen molar-refractivity contribution in [1.29, 1.82) is 0 Å². The largest absolute Gasteiger partial charge is 0.395 e. The molecule has 0 aliphatic rings. The molecule has 4 heteroatoms. The molecule has 1 heterocycles. The molecule has 0 bridgehead atoms. The van der Waals surface area contributed by atoms with Crippen molar-refractivity contribution >= 4 is 11.3 Å². The number of aliphatic hydroxyl groups is 2. The second kappa shape index (κ2) is 6.59. The first kappa shape index (κ1) is 12.2. The van der Waals surface area contributed by atoms with E-state index in [1.54, 1.807) is 11.3 Å². The van der Waals surface area contributed by atoms with E-state index >= 15 is 0 Å². The lowest BCUT2D eigenvalue weighted by Crippen LogP contribution is -2.20. The van der Waals surface area contributed by atoms with E-state index in [0.717, 1.165) is 11.4 Å². The standard InChI is InChI=1S/C11H15NO2S/c1-12(6-8-14)9-11-5-4-10(15-11)3-2-7-13/h4-5,13-14H,6-9H2,1H3. The smallest absolute Gasteiger partial charge is 0.104 e. The van der Waals surface area contributed by atoms with Gasteiger partial charge in [-0.3, -0.25) is 4.90 Å². The van der Waals surface area contributed by atoms with Gasteiger partial charge in [0.1, 0.15) is 6.61 Å². The molecule has 2 N–H and O–H groups in total. The van der Waals surface area contributed by atoms with Crippen LogP contribution >= 0.6 is 11.3 Å². The molecule has 0 aliphatic heterocycles. The maximum atomic E-state index is 8.75. The van der Waals surface area contributed by atoms with Crippen LogP contribution in [-0.2, 0) is 6.54 Å². The fourth-order valence-electron chi connectivity index (χ4n) is 1.17. The summed E-state index contributed by atoms with van der Waals surface area (Å²) in [6, 6.07) is 3.98. The van der Waals surface area contributed by atoms with Crippen LogP contribution in [0.5, 0.6) is 0 Å². The lowest BCUT2D eigenvalue weighted by atomic mass is 10.4. The Labute approximate surface area is 94.0 Å². The SMILES string of the molecule is CN(CCO)Cc1ccc(C#CCO)s1. The molecule has 0 saturated heterocycles. The highest BCUT2D eigenvalue weighted by Crippen LogP contribution is 2.16. The van der Waals surface area contributed by atoms with E-state index < -0.39 is 0 Å². The number of likely N-dealkylation sites (N-methyl/N-ethyl adjacent to an activating group) is 1. The van der Waals surface area contributed by atoms with Gasteiger partial charge in [0.25, 0.3) is 0 Å². The van der Waals surface area contributed by atoms with Crippen LogP contribution in [0.25, 0.3) is 0 Å². The Kier molecular flexibility index (Phi) is 5.37. The Hall–Kier alpha value is -0.860. The maximum absolute atomic E-state index is 8.75. The number of aliphatic hydroxyl groups excluding tert-OH is 2. The Bertz CT molecular complexity index is 351. The van der Waals surface area contributed by atoms with Crippen LogP contribution in [0.3, 0.4) is 0 Å². The highest BCUT2D eigenvalue weighted by atomic mass is 32.1. The Balaban J connectivity index is 2.52. The molecule has 1 aromatic rings. The molecule has 0 unspecified atom stereocenters. The molecule has 3 nitrogen and oxygen atoms in total. The summed E-state index contributed by atoms with van der Waals surface area (Å²) in [5, 5.41) is 17.3. The summed E-state index contributed by atoms with van der Waals surface area (Å²) in [5.74, 6) is 5.49. The first-order valence-corrected chi connectivity index (χ1v) is 5.55. The van der Waals surface area contributed by atoms with E-state index in [2.05, 4.69) is 16.7 Å². The second-order valence-corrected chi connectivity index (χ2v) is 4.36. The number of thiophene rings is 1. The summed E-state index contributed by atoms with van der Waals surface area (Å²) >= 11 is 1.62. The minimum Gasteiger partial charge on any atom is -0.395 e. The third kappa shape index (κ3) is 4.45. The molecular weight excluding hydrogens is 210 g/mol. The Morgan fingerprint density at radius 2 is 2.20 bits per heavy atom.